The van der Waals surface area contributed by atoms with Gasteiger partial charge < -0.3 is 9.97 Å². The molecule has 2 radical (unpaired) electrons. The maximum Gasteiger partial charge on any atom is 0.0195 e. The van der Waals surface area contributed by atoms with Gasteiger partial charge in [0.2, 0.25) is 0 Å². The molecule has 0 spiro atoms. The van der Waals surface area contributed by atoms with Crippen molar-refractivity contribution in [3.8, 4) is 44.8 Å². The molecule has 0 saturated heterocycles. The standard InChI is InChI=1S/C21H20N.C20H18N.2Ir/c1-21(2,3)19-12-13-22-20(15-19)18-11-7-10-17(14-18)16-8-5-4-6-9-16;1-15(2)19-11-12-20(21-14-19)18-10-6-9-17(13-18)16-7-4-3-5-8-16;;/h4-10,12-15H,1-3H3;3-9,11-15H,1-2H3;;/q2*-1;;. The summed E-state index contributed by atoms with van der Waals surface area (Å²) in [5.41, 5.74) is 11.5. The summed E-state index contributed by atoms with van der Waals surface area (Å²) in [4.78, 5) is 9.10. The smallest absolute Gasteiger partial charge is 0.0195 e. The molecule has 2 nitrogen and oxygen atoms in total. The van der Waals surface area contributed by atoms with Gasteiger partial charge in [0, 0.05) is 52.6 Å². The van der Waals surface area contributed by atoms with Crippen LogP contribution in [0.15, 0.2) is 134 Å². The molecule has 0 fully saturated rings. The Kier molecular flexibility index (Phi) is 13.3. The maximum absolute atomic E-state index is 4.57. The van der Waals surface area contributed by atoms with Gasteiger partial charge in [-0.1, -0.05) is 113 Å². The van der Waals surface area contributed by atoms with E-state index in [-0.39, 0.29) is 45.6 Å². The second-order valence-electron chi connectivity index (χ2n) is 12.0. The van der Waals surface area contributed by atoms with E-state index in [1.54, 1.807) is 0 Å². The Hall–Kier alpha value is -3.52. The minimum Gasteiger partial charge on any atom is -0.305 e. The van der Waals surface area contributed by atoms with Crippen LogP contribution in [-0.4, -0.2) is 9.97 Å². The molecule has 0 bridgehead atoms. The monoisotopic (exact) mass is 944 g/mol. The number of pyridine rings is 2. The zero-order chi connectivity index (χ0) is 30.2. The molecule has 0 N–H and O–H groups in total. The van der Waals surface area contributed by atoms with E-state index in [2.05, 4.69) is 154 Å². The second-order valence-corrected chi connectivity index (χ2v) is 12.0. The molecule has 0 amide bonds. The predicted molar refractivity (Wildman–Crippen MR) is 181 cm³/mol. The quantitative estimate of drug-likeness (QED) is 0.161. The summed E-state index contributed by atoms with van der Waals surface area (Å²) in [6, 6.07) is 48.3. The normalized spacial score (nSPS) is 10.6. The number of hydrogen-bond donors (Lipinski definition) is 0. The molecule has 0 saturated carbocycles. The van der Waals surface area contributed by atoms with Crippen LogP contribution in [0.25, 0.3) is 44.8 Å². The van der Waals surface area contributed by atoms with Crippen molar-refractivity contribution in [3.63, 3.8) is 0 Å². The molecule has 4 heteroatoms. The third kappa shape index (κ3) is 9.73. The van der Waals surface area contributed by atoms with Crippen LogP contribution >= 0.6 is 0 Å². The fraction of sp³-hybridized carbons (Fsp3) is 0.171. The molecule has 2 heterocycles. The third-order valence-electron chi connectivity index (χ3n) is 7.45. The molecule has 232 valence electrons. The topological polar surface area (TPSA) is 25.8 Å². The summed E-state index contributed by atoms with van der Waals surface area (Å²) in [6.45, 7) is 11.0. The largest absolute Gasteiger partial charge is 0.305 e. The zero-order valence-corrected chi connectivity index (χ0v) is 31.1. The van der Waals surface area contributed by atoms with Gasteiger partial charge in [-0.15, -0.1) is 70.8 Å². The molecule has 0 unspecified atom stereocenters. The van der Waals surface area contributed by atoms with Crippen molar-refractivity contribution in [1.29, 1.82) is 0 Å². The van der Waals surface area contributed by atoms with Crippen molar-refractivity contribution in [1.82, 2.24) is 9.97 Å². The minimum atomic E-state index is 0. The van der Waals surface area contributed by atoms with Crippen LogP contribution in [0.2, 0.25) is 0 Å². The van der Waals surface area contributed by atoms with Crippen LogP contribution in [0.1, 0.15) is 51.7 Å². The van der Waals surface area contributed by atoms with Crippen LogP contribution in [0.3, 0.4) is 0 Å². The molecular weight excluding hydrogens is 905 g/mol. The van der Waals surface area contributed by atoms with Gasteiger partial charge in [-0.3, -0.25) is 0 Å². The van der Waals surface area contributed by atoms with Crippen molar-refractivity contribution in [2.45, 2.75) is 46.0 Å². The Morgan fingerprint density at radius 3 is 1.56 bits per heavy atom. The molecule has 0 aliphatic heterocycles. The summed E-state index contributed by atoms with van der Waals surface area (Å²) in [7, 11) is 0. The molecule has 6 aromatic rings. The number of aromatic nitrogens is 2. The third-order valence-corrected chi connectivity index (χ3v) is 7.45. The Morgan fingerprint density at radius 1 is 0.556 bits per heavy atom. The van der Waals surface area contributed by atoms with Crippen molar-refractivity contribution < 1.29 is 40.2 Å². The summed E-state index contributed by atoms with van der Waals surface area (Å²) < 4.78 is 0. The number of nitrogens with zero attached hydrogens (tertiary/aromatic N) is 2. The molecule has 2 aromatic heterocycles. The van der Waals surface area contributed by atoms with Gasteiger partial charge >= 0.3 is 0 Å². The van der Waals surface area contributed by atoms with Crippen LogP contribution < -0.4 is 0 Å². The van der Waals surface area contributed by atoms with Crippen LogP contribution in [0.5, 0.6) is 0 Å². The molecular formula is C41H38Ir2N2-2. The Bertz CT molecular complexity index is 1760. The average molecular weight is 943 g/mol. The van der Waals surface area contributed by atoms with E-state index < -0.39 is 0 Å². The zero-order valence-electron chi connectivity index (χ0n) is 26.3. The van der Waals surface area contributed by atoms with Gasteiger partial charge in [-0.25, -0.2) is 0 Å². The first kappa shape index (κ1) is 36.0. The van der Waals surface area contributed by atoms with Gasteiger partial charge in [0.05, 0.1) is 0 Å². The number of rotatable bonds is 5. The van der Waals surface area contributed by atoms with Crippen molar-refractivity contribution >= 4 is 0 Å². The van der Waals surface area contributed by atoms with E-state index in [0.717, 1.165) is 22.5 Å². The van der Waals surface area contributed by atoms with E-state index in [9.17, 15) is 0 Å². The number of hydrogen-bond acceptors (Lipinski definition) is 2. The summed E-state index contributed by atoms with van der Waals surface area (Å²) in [5, 5.41) is 0. The number of benzene rings is 4. The Morgan fingerprint density at radius 2 is 1.09 bits per heavy atom. The van der Waals surface area contributed by atoms with Gasteiger partial charge in [0.1, 0.15) is 0 Å². The second kappa shape index (κ2) is 16.7. The van der Waals surface area contributed by atoms with Crippen LogP contribution in [-0.2, 0) is 45.6 Å². The fourth-order valence-electron chi connectivity index (χ4n) is 4.80. The van der Waals surface area contributed by atoms with E-state index in [1.807, 2.05) is 36.7 Å². The van der Waals surface area contributed by atoms with Crippen LogP contribution in [0, 0.1) is 12.1 Å². The molecule has 0 aliphatic rings. The van der Waals surface area contributed by atoms with Crippen molar-refractivity contribution in [2.24, 2.45) is 0 Å². The van der Waals surface area contributed by atoms with Gasteiger partial charge in [-0.2, -0.15) is 0 Å². The maximum atomic E-state index is 4.57. The Labute approximate surface area is 296 Å². The average Bonchev–Trinajstić information content (AvgIpc) is 3.06. The van der Waals surface area contributed by atoms with Crippen molar-refractivity contribution in [3.05, 3.63) is 157 Å². The molecule has 0 atom stereocenters. The van der Waals surface area contributed by atoms with Gasteiger partial charge in [0.15, 0.2) is 0 Å². The van der Waals surface area contributed by atoms with E-state index in [1.165, 1.54) is 33.4 Å². The molecule has 0 aliphatic carbocycles. The van der Waals surface area contributed by atoms with Gasteiger partial charge in [0.25, 0.3) is 0 Å². The fourth-order valence-corrected chi connectivity index (χ4v) is 4.80. The first-order chi connectivity index (χ1) is 20.8. The summed E-state index contributed by atoms with van der Waals surface area (Å²) in [6.07, 6.45) is 3.85. The van der Waals surface area contributed by atoms with E-state index >= 15 is 0 Å². The predicted octanol–water partition coefficient (Wildman–Crippen LogP) is 10.8. The first-order valence-electron chi connectivity index (χ1n) is 14.9. The molecule has 45 heavy (non-hydrogen) atoms. The van der Waals surface area contributed by atoms with Crippen LogP contribution in [0.4, 0.5) is 0 Å². The molecule has 6 rings (SSSR count). The first-order valence-corrected chi connectivity index (χ1v) is 14.9. The minimum absolute atomic E-state index is 0. The SMILES string of the molecule is CC(C)(C)c1ccnc(-c2[c-]ccc(-c3ccccc3)c2)c1.CC(C)c1ccc(-c2[c-]ccc(-c3ccccc3)c2)nc1.[Ir].[Ir]. The summed E-state index contributed by atoms with van der Waals surface area (Å²) in [5.74, 6) is 0.506. The van der Waals surface area contributed by atoms with E-state index in [4.69, 9.17) is 0 Å². The summed E-state index contributed by atoms with van der Waals surface area (Å²) >= 11 is 0. The Balaban J connectivity index is 0.000000235. The van der Waals surface area contributed by atoms with E-state index in [0.29, 0.717) is 5.92 Å². The van der Waals surface area contributed by atoms with Crippen molar-refractivity contribution in [2.75, 3.05) is 0 Å². The van der Waals surface area contributed by atoms with Gasteiger partial charge in [-0.05, 0) is 51.0 Å². The molecule has 4 aromatic carbocycles.